The molecule has 0 aliphatic rings. The number of benzene rings is 3. The Labute approximate surface area is 206 Å². The number of aliphatic carboxylic acids is 1. The van der Waals surface area contributed by atoms with Crippen molar-refractivity contribution in [3.05, 3.63) is 83.4 Å². The van der Waals surface area contributed by atoms with E-state index in [2.05, 4.69) is 15.5 Å². The fourth-order valence-electron chi connectivity index (χ4n) is 3.54. The van der Waals surface area contributed by atoms with Gasteiger partial charge in [-0.05, 0) is 35.4 Å². The van der Waals surface area contributed by atoms with Gasteiger partial charge in [-0.25, -0.2) is 8.78 Å². The standard InChI is InChI=1S/C25H21F2N3O4.ClH/c1-33-14-18-10-16(8-9-19(18)20-4-2-3-5-21(20)26)25-29-24(30-34-25)15-6-7-17(22(27)11-15)12-28-13-23(31)32;/h2-11,28H,12-14H2,1H3,(H,31,32);1H. The highest BCUT2D eigenvalue weighted by Gasteiger charge is 2.16. The maximum Gasteiger partial charge on any atom is 0.317 e. The maximum absolute atomic E-state index is 14.4. The van der Waals surface area contributed by atoms with E-state index in [0.29, 0.717) is 27.8 Å². The van der Waals surface area contributed by atoms with Gasteiger partial charge in [-0.1, -0.05) is 41.6 Å². The number of hydrogen-bond donors (Lipinski definition) is 2. The van der Waals surface area contributed by atoms with Crippen LogP contribution in [-0.2, 0) is 22.7 Å². The van der Waals surface area contributed by atoms with Gasteiger partial charge in [0, 0.05) is 35.9 Å². The summed E-state index contributed by atoms with van der Waals surface area (Å²) < 4.78 is 39.5. The molecule has 10 heteroatoms. The Hall–Kier alpha value is -3.66. The summed E-state index contributed by atoms with van der Waals surface area (Å²) in [4.78, 5) is 15.0. The van der Waals surface area contributed by atoms with Crippen LogP contribution in [0.1, 0.15) is 11.1 Å². The number of carboxylic acids is 1. The number of carboxylic acid groups (broad SMARTS) is 1. The zero-order valence-electron chi connectivity index (χ0n) is 18.6. The molecule has 4 aromatic rings. The molecule has 0 bridgehead atoms. The van der Waals surface area contributed by atoms with Crippen LogP contribution in [0.15, 0.2) is 65.2 Å². The van der Waals surface area contributed by atoms with E-state index in [4.69, 9.17) is 14.4 Å². The fourth-order valence-corrected chi connectivity index (χ4v) is 3.54. The second-order valence-electron chi connectivity index (χ2n) is 7.51. The van der Waals surface area contributed by atoms with Gasteiger partial charge in [-0.3, -0.25) is 4.79 Å². The van der Waals surface area contributed by atoms with Crippen LogP contribution in [0, 0.1) is 11.6 Å². The van der Waals surface area contributed by atoms with Crippen LogP contribution < -0.4 is 5.32 Å². The molecular formula is C25H22ClF2N3O4. The number of rotatable bonds is 9. The summed E-state index contributed by atoms with van der Waals surface area (Å²) in [6.07, 6.45) is 0. The first kappa shape index (κ1) is 26.0. The molecule has 0 spiro atoms. The predicted molar refractivity (Wildman–Crippen MR) is 128 cm³/mol. The third kappa shape index (κ3) is 6.07. The Morgan fingerprint density at radius 1 is 1.00 bits per heavy atom. The summed E-state index contributed by atoms with van der Waals surface area (Å²) in [5.74, 6) is -1.45. The Balaban J connectivity index is 0.00000342. The Kier molecular flexibility index (Phi) is 8.64. The molecule has 1 heterocycles. The van der Waals surface area contributed by atoms with Crippen molar-refractivity contribution in [3.63, 3.8) is 0 Å². The van der Waals surface area contributed by atoms with Crippen molar-refractivity contribution in [1.29, 1.82) is 0 Å². The molecule has 0 aliphatic carbocycles. The lowest BCUT2D eigenvalue weighted by Gasteiger charge is -2.11. The highest BCUT2D eigenvalue weighted by molar-refractivity contribution is 5.85. The number of methoxy groups -OCH3 is 1. The number of carbonyl (C=O) groups is 1. The average molecular weight is 502 g/mol. The molecule has 0 atom stereocenters. The Bertz CT molecular complexity index is 1330. The van der Waals surface area contributed by atoms with Gasteiger partial charge in [0.2, 0.25) is 5.82 Å². The molecule has 2 N–H and O–H groups in total. The quantitative estimate of drug-likeness (QED) is 0.329. The van der Waals surface area contributed by atoms with Crippen LogP contribution in [0.4, 0.5) is 8.78 Å². The number of nitrogens with zero attached hydrogens (tertiary/aromatic N) is 2. The molecule has 7 nitrogen and oxygen atoms in total. The van der Waals surface area contributed by atoms with Gasteiger partial charge in [0.05, 0.1) is 13.2 Å². The molecule has 0 aliphatic heterocycles. The minimum Gasteiger partial charge on any atom is -0.480 e. The molecule has 4 rings (SSSR count). The van der Waals surface area contributed by atoms with Gasteiger partial charge in [-0.15, -0.1) is 12.4 Å². The van der Waals surface area contributed by atoms with Crippen LogP contribution in [0.5, 0.6) is 0 Å². The minimum atomic E-state index is -1.02. The summed E-state index contributed by atoms with van der Waals surface area (Å²) in [7, 11) is 1.55. The lowest BCUT2D eigenvalue weighted by Crippen LogP contribution is -2.22. The van der Waals surface area contributed by atoms with E-state index < -0.39 is 11.8 Å². The zero-order chi connectivity index (χ0) is 24.1. The van der Waals surface area contributed by atoms with E-state index in [0.717, 1.165) is 5.56 Å². The summed E-state index contributed by atoms with van der Waals surface area (Å²) in [5, 5.41) is 15.3. The third-order valence-corrected chi connectivity index (χ3v) is 5.15. The van der Waals surface area contributed by atoms with Crippen LogP contribution in [0.25, 0.3) is 34.0 Å². The molecule has 3 aromatic carbocycles. The highest BCUT2D eigenvalue weighted by atomic mass is 35.5. The smallest absolute Gasteiger partial charge is 0.317 e. The van der Waals surface area contributed by atoms with Crippen LogP contribution >= 0.6 is 12.4 Å². The maximum atomic E-state index is 14.4. The van der Waals surface area contributed by atoms with Crippen molar-refractivity contribution in [2.75, 3.05) is 13.7 Å². The summed E-state index contributed by atoms with van der Waals surface area (Å²) in [5.41, 5.74) is 3.24. The zero-order valence-corrected chi connectivity index (χ0v) is 19.4. The van der Waals surface area contributed by atoms with E-state index in [9.17, 15) is 13.6 Å². The number of halogens is 3. The first-order valence-corrected chi connectivity index (χ1v) is 10.4. The topological polar surface area (TPSA) is 97.5 Å². The lowest BCUT2D eigenvalue weighted by atomic mass is 9.97. The van der Waals surface area contributed by atoms with Crippen molar-refractivity contribution in [2.45, 2.75) is 13.2 Å². The SMILES string of the molecule is COCc1cc(-c2nc(-c3ccc(CNCC(=O)O)c(F)c3)no2)ccc1-c1ccccc1F.Cl. The molecule has 1 aromatic heterocycles. The molecule has 0 radical (unpaired) electrons. The average Bonchev–Trinajstić information content (AvgIpc) is 3.31. The van der Waals surface area contributed by atoms with Crippen molar-refractivity contribution in [1.82, 2.24) is 15.5 Å². The van der Waals surface area contributed by atoms with Crippen molar-refractivity contribution in [2.24, 2.45) is 0 Å². The molecule has 0 unspecified atom stereocenters. The normalized spacial score (nSPS) is 10.7. The Morgan fingerprint density at radius 2 is 1.77 bits per heavy atom. The molecule has 0 fully saturated rings. The Morgan fingerprint density at radius 3 is 2.49 bits per heavy atom. The molecular weight excluding hydrogens is 480 g/mol. The van der Waals surface area contributed by atoms with Crippen LogP contribution in [-0.4, -0.2) is 34.9 Å². The fraction of sp³-hybridized carbons (Fsp3) is 0.160. The monoisotopic (exact) mass is 501 g/mol. The van der Waals surface area contributed by atoms with Gasteiger partial charge < -0.3 is 19.7 Å². The molecule has 35 heavy (non-hydrogen) atoms. The second kappa shape index (κ2) is 11.7. The van der Waals surface area contributed by atoms with Crippen LogP contribution in [0.3, 0.4) is 0 Å². The third-order valence-electron chi connectivity index (χ3n) is 5.15. The largest absolute Gasteiger partial charge is 0.480 e. The molecule has 0 amide bonds. The number of hydrogen-bond acceptors (Lipinski definition) is 6. The lowest BCUT2D eigenvalue weighted by molar-refractivity contribution is -0.136. The summed E-state index contributed by atoms with van der Waals surface area (Å²) >= 11 is 0. The van der Waals surface area contributed by atoms with Gasteiger partial charge in [0.1, 0.15) is 11.6 Å². The molecule has 0 saturated heterocycles. The predicted octanol–water partition coefficient (Wildman–Crippen LogP) is 5.09. The first-order chi connectivity index (χ1) is 16.5. The second-order valence-corrected chi connectivity index (χ2v) is 7.51. The van der Waals surface area contributed by atoms with Gasteiger partial charge in [0.15, 0.2) is 0 Å². The van der Waals surface area contributed by atoms with E-state index >= 15 is 0 Å². The van der Waals surface area contributed by atoms with Gasteiger partial charge in [0.25, 0.3) is 5.89 Å². The first-order valence-electron chi connectivity index (χ1n) is 10.4. The number of nitrogens with one attached hydrogen (secondary N) is 1. The molecule has 0 saturated carbocycles. The van der Waals surface area contributed by atoms with Gasteiger partial charge in [-0.2, -0.15) is 4.98 Å². The van der Waals surface area contributed by atoms with E-state index in [1.54, 1.807) is 49.6 Å². The molecule has 182 valence electrons. The van der Waals surface area contributed by atoms with Crippen molar-refractivity contribution < 1.29 is 27.9 Å². The van der Waals surface area contributed by atoms with E-state index in [1.165, 1.54) is 18.2 Å². The van der Waals surface area contributed by atoms with Crippen molar-refractivity contribution >= 4 is 18.4 Å². The number of ether oxygens (including phenoxy) is 1. The van der Waals surface area contributed by atoms with Crippen molar-refractivity contribution in [3.8, 4) is 34.0 Å². The van der Waals surface area contributed by atoms with E-state index in [-0.39, 0.29) is 49.6 Å². The number of aromatic nitrogens is 2. The van der Waals surface area contributed by atoms with Gasteiger partial charge >= 0.3 is 5.97 Å². The van der Waals surface area contributed by atoms with Crippen LogP contribution in [0.2, 0.25) is 0 Å². The highest BCUT2D eigenvalue weighted by Crippen LogP contribution is 2.31. The minimum absolute atomic E-state index is 0. The van der Waals surface area contributed by atoms with E-state index in [1.807, 2.05) is 0 Å². The summed E-state index contributed by atoms with van der Waals surface area (Å²) in [6, 6.07) is 16.2. The summed E-state index contributed by atoms with van der Waals surface area (Å²) in [6.45, 7) is 0.0593.